The lowest BCUT2D eigenvalue weighted by Gasteiger charge is -2.26. The van der Waals surface area contributed by atoms with Crippen molar-refractivity contribution in [2.75, 3.05) is 11.9 Å². The molecule has 5 heteroatoms. The van der Waals surface area contributed by atoms with Gasteiger partial charge in [0.25, 0.3) is 0 Å². The first kappa shape index (κ1) is 16.5. The first-order valence-electron chi connectivity index (χ1n) is 7.87. The van der Waals surface area contributed by atoms with Crippen molar-refractivity contribution < 1.29 is 14.7 Å². The molecule has 2 amide bonds. The lowest BCUT2D eigenvalue weighted by atomic mass is 9.94. The zero-order valence-electron chi connectivity index (χ0n) is 13.0. The highest BCUT2D eigenvalue weighted by atomic mass is 16.3. The molecule has 0 saturated heterocycles. The molecule has 0 bridgehead atoms. The fourth-order valence-electron chi connectivity index (χ4n) is 2.80. The third-order valence-electron chi connectivity index (χ3n) is 4.09. The number of hydrogen-bond acceptors (Lipinski definition) is 3. The summed E-state index contributed by atoms with van der Waals surface area (Å²) < 4.78 is 0. The minimum Gasteiger partial charge on any atom is -0.388 e. The Kier molecular flexibility index (Phi) is 5.55. The van der Waals surface area contributed by atoms with Gasteiger partial charge in [0.15, 0.2) is 0 Å². The Balaban J connectivity index is 1.84. The molecular weight excluding hydrogens is 280 g/mol. The highest BCUT2D eigenvalue weighted by molar-refractivity contribution is 6.39. The Morgan fingerprint density at radius 3 is 2.45 bits per heavy atom. The molecule has 0 atom stereocenters. The maximum atomic E-state index is 11.9. The van der Waals surface area contributed by atoms with Gasteiger partial charge in [-0.3, -0.25) is 9.59 Å². The number of hydrogen-bond donors (Lipinski definition) is 3. The Labute approximate surface area is 131 Å². The lowest BCUT2D eigenvalue weighted by Crippen LogP contribution is -2.46. The Morgan fingerprint density at radius 1 is 1.14 bits per heavy atom. The van der Waals surface area contributed by atoms with Crippen molar-refractivity contribution in [3.63, 3.8) is 0 Å². The summed E-state index contributed by atoms with van der Waals surface area (Å²) >= 11 is 0. The van der Waals surface area contributed by atoms with Gasteiger partial charge < -0.3 is 15.7 Å². The summed E-state index contributed by atoms with van der Waals surface area (Å²) in [6.07, 6.45) is 5.50. The van der Waals surface area contributed by atoms with Gasteiger partial charge in [0.05, 0.1) is 5.60 Å². The number of carbonyl (C=O) groups is 2. The molecule has 1 aromatic rings. The average molecular weight is 304 g/mol. The molecule has 1 aromatic carbocycles. The van der Waals surface area contributed by atoms with Crippen LogP contribution in [-0.4, -0.2) is 29.1 Å². The van der Waals surface area contributed by atoms with E-state index in [-0.39, 0.29) is 6.54 Å². The van der Waals surface area contributed by atoms with E-state index in [4.69, 9.17) is 0 Å². The molecule has 1 aliphatic rings. The van der Waals surface area contributed by atoms with Gasteiger partial charge in [-0.05, 0) is 37.5 Å². The van der Waals surface area contributed by atoms with Crippen LogP contribution >= 0.6 is 0 Å². The van der Waals surface area contributed by atoms with E-state index in [1.165, 1.54) is 0 Å². The molecule has 0 heterocycles. The Morgan fingerprint density at radius 2 is 1.82 bits per heavy atom. The number of carbonyl (C=O) groups excluding carboxylic acids is 2. The molecule has 120 valence electrons. The average Bonchev–Trinajstić information content (AvgIpc) is 2.70. The second-order valence-electron chi connectivity index (χ2n) is 6.14. The van der Waals surface area contributed by atoms with E-state index in [0.29, 0.717) is 18.5 Å². The maximum Gasteiger partial charge on any atom is 0.313 e. The second-order valence-corrected chi connectivity index (χ2v) is 6.14. The predicted octanol–water partition coefficient (Wildman–Crippen LogP) is 2.14. The fourth-order valence-corrected chi connectivity index (χ4v) is 2.80. The van der Waals surface area contributed by atoms with Crippen LogP contribution < -0.4 is 10.6 Å². The van der Waals surface area contributed by atoms with Gasteiger partial charge in [-0.25, -0.2) is 0 Å². The molecule has 1 aliphatic carbocycles. The molecule has 5 nitrogen and oxygen atoms in total. The predicted molar refractivity (Wildman–Crippen MR) is 85.5 cm³/mol. The van der Waals surface area contributed by atoms with E-state index in [1.807, 2.05) is 19.1 Å². The van der Waals surface area contributed by atoms with Gasteiger partial charge in [0.1, 0.15) is 0 Å². The number of rotatable bonds is 3. The minimum atomic E-state index is -0.879. The monoisotopic (exact) mass is 304 g/mol. The molecule has 3 N–H and O–H groups in total. The van der Waals surface area contributed by atoms with Crippen molar-refractivity contribution in [1.82, 2.24) is 5.32 Å². The molecule has 1 saturated carbocycles. The van der Waals surface area contributed by atoms with E-state index in [9.17, 15) is 14.7 Å². The van der Waals surface area contributed by atoms with Crippen LogP contribution in [0.4, 0.5) is 5.69 Å². The lowest BCUT2D eigenvalue weighted by molar-refractivity contribution is -0.136. The van der Waals surface area contributed by atoms with Crippen LogP contribution in [0, 0.1) is 6.92 Å². The second kappa shape index (κ2) is 7.40. The molecular formula is C17H24N2O3. The molecule has 0 aliphatic heterocycles. The van der Waals surface area contributed by atoms with Gasteiger partial charge in [-0.1, -0.05) is 37.8 Å². The maximum absolute atomic E-state index is 11.9. The van der Waals surface area contributed by atoms with Crippen LogP contribution in [0.5, 0.6) is 0 Å². The number of aryl methyl sites for hydroxylation is 1. The van der Waals surface area contributed by atoms with Crippen LogP contribution in [0.3, 0.4) is 0 Å². The summed E-state index contributed by atoms with van der Waals surface area (Å²) in [5.74, 6) is -1.41. The normalized spacial score (nSPS) is 17.4. The van der Waals surface area contributed by atoms with Crippen molar-refractivity contribution in [3.8, 4) is 0 Å². The van der Waals surface area contributed by atoms with Crippen LogP contribution in [-0.2, 0) is 9.59 Å². The first-order valence-corrected chi connectivity index (χ1v) is 7.87. The van der Waals surface area contributed by atoms with E-state index >= 15 is 0 Å². The van der Waals surface area contributed by atoms with Crippen molar-refractivity contribution in [1.29, 1.82) is 0 Å². The van der Waals surface area contributed by atoms with E-state index in [2.05, 4.69) is 10.6 Å². The van der Waals surface area contributed by atoms with Crippen LogP contribution in [0.15, 0.2) is 24.3 Å². The number of nitrogens with one attached hydrogen (secondary N) is 2. The standard InChI is InChI=1S/C17H24N2O3/c1-13-7-6-8-14(11-13)19-16(21)15(20)18-12-17(22)9-4-2-3-5-10-17/h6-8,11,22H,2-5,9-10,12H2,1H3,(H,18,20)(H,19,21). The SMILES string of the molecule is Cc1cccc(NC(=O)C(=O)NCC2(O)CCCCCC2)c1. The first-order chi connectivity index (χ1) is 10.5. The van der Waals surface area contributed by atoms with Crippen molar-refractivity contribution >= 4 is 17.5 Å². The van der Waals surface area contributed by atoms with Crippen LogP contribution in [0.25, 0.3) is 0 Å². The molecule has 0 spiro atoms. The fraction of sp³-hybridized carbons (Fsp3) is 0.529. The summed E-state index contributed by atoms with van der Waals surface area (Å²) in [4.78, 5) is 23.7. The highest BCUT2D eigenvalue weighted by Gasteiger charge is 2.29. The van der Waals surface area contributed by atoms with Crippen LogP contribution in [0.1, 0.15) is 44.1 Å². The molecule has 22 heavy (non-hydrogen) atoms. The minimum absolute atomic E-state index is 0.132. The zero-order valence-corrected chi connectivity index (χ0v) is 13.0. The smallest absolute Gasteiger partial charge is 0.313 e. The van der Waals surface area contributed by atoms with E-state index < -0.39 is 17.4 Å². The quantitative estimate of drug-likeness (QED) is 0.591. The largest absolute Gasteiger partial charge is 0.388 e. The zero-order chi connectivity index (χ0) is 16.0. The number of anilines is 1. The summed E-state index contributed by atoms with van der Waals surface area (Å²) in [6, 6.07) is 7.26. The van der Waals surface area contributed by atoms with Crippen molar-refractivity contribution in [2.24, 2.45) is 0 Å². The van der Waals surface area contributed by atoms with Gasteiger partial charge in [0.2, 0.25) is 0 Å². The molecule has 2 rings (SSSR count). The van der Waals surface area contributed by atoms with Gasteiger partial charge >= 0.3 is 11.8 Å². The third-order valence-corrected chi connectivity index (χ3v) is 4.09. The summed E-state index contributed by atoms with van der Waals surface area (Å²) in [6.45, 7) is 2.05. The number of amides is 2. The molecule has 0 unspecified atom stereocenters. The van der Waals surface area contributed by atoms with Crippen molar-refractivity contribution in [2.45, 2.75) is 51.0 Å². The molecule has 1 fully saturated rings. The van der Waals surface area contributed by atoms with Gasteiger partial charge in [-0.15, -0.1) is 0 Å². The van der Waals surface area contributed by atoms with Gasteiger partial charge in [-0.2, -0.15) is 0 Å². The summed E-state index contributed by atoms with van der Waals surface area (Å²) in [5, 5.41) is 15.6. The number of aliphatic hydroxyl groups is 1. The Hall–Kier alpha value is -1.88. The third kappa shape index (κ3) is 4.84. The number of benzene rings is 1. The van der Waals surface area contributed by atoms with E-state index in [0.717, 1.165) is 31.2 Å². The van der Waals surface area contributed by atoms with E-state index in [1.54, 1.807) is 12.1 Å². The summed E-state index contributed by atoms with van der Waals surface area (Å²) in [7, 11) is 0. The summed E-state index contributed by atoms with van der Waals surface area (Å²) in [5.41, 5.74) is 0.717. The highest BCUT2D eigenvalue weighted by Crippen LogP contribution is 2.26. The molecule has 0 aromatic heterocycles. The van der Waals surface area contributed by atoms with Crippen molar-refractivity contribution in [3.05, 3.63) is 29.8 Å². The van der Waals surface area contributed by atoms with Gasteiger partial charge in [0, 0.05) is 12.2 Å². The Bertz CT molecular complexity index is 534. The molecule has 0 radical (unpaired) electrons. The topological polar surface area (TPSA) is 78.4 Å². The van der Waals surface area contributed by atoms with Crippen LogP contribution in [0.2, 0.25) is 0 Å².